The number of rotatable bonds is 2. The number of carbonyl (C=O) groups excluding carboxylic acids is 1. The zero-order valence-corrected chi connectivity index (χ0v) is 8.82. The molecule has 0 aliphatic carbocycles. The summed E-state index contributed by atoms with van der Waals surface area (Å²) in [7, 11) is 0. The van der Waals surface area contributed by atoms with E-state index in [1.54, 1.807) is 6.07 Å². The average molecular weight is 223 g/mol. The van der Waals surface area contributed by atoms with Crippen LogP contribution in [0.15, 0.2) is 18.2 Å². The number of nitriles is 1. The second-order valence-corrected chi connectivity index (χ2v) is 3.67. The number of halogens is 1. The number of esters is 1. The highest BCUT2D eigenvalue weighted by atomic mass is 19.1. The van der Waals surface area contributed by atoms with Gasteiger partial charge in [-0.25, -0.2) is 9.18 Å². The Morgan fingerprint density at radius 2 is 2.19 bits per heavy atom. The van der Waals surface area contributed by atoms with Crippen molar-refractivity contribution in [2.24, 2.45) is 0 Å². The lowest BCUT2D eigenvalue weighted by Crippen LogP contribution is -2.35. The first kappa shape index (κ1) is 12.1. The molecule has 1 rings (SSSR count). The van der Waals surface area contributed by atoms with Gasteiger partial charge in [-0.3, -0.25) is 0 Å². The molecule has 1 aromatic rings. The van der Waals surface area contributed by atoms with E-state index >= 15 is 0 Å². The minimum absolute atomic E-state index is 0.199. The van der Waals surface area contributed by atoms with Crippen LogP contribution in [0.3, 0.4) is 0 Å². The van der Waals surface area contributed by atoms with Gasteiger partial charge in [-0.1, -0.05) is 6.07 Å². The number of hydrogen-bond donors (Lipinski definition) is 1. The second kappa shape index (κ2) is 4.29. The van der Waals surface area contributed by atoms with Gasteiger partial charge >= 0.3 is 5.97 Å². The molecule has 0 heterocycles. The van der Waals surface area contributed by atoms with E-state index in [-0.39, 0.29) is 11.3 Å². The van der Waals surface area contributed by atoms with Crippen LogP contribution in [-0.2, 0) is 4.79 Å². The van der Waals surface area contributed by atoms with E-state index in [0.717, 1.165) is 6.07 Å². The molecule has 5 heteroatoms. The van der Waals surface area contributed by atoms with Gasteiger partial charge in [0.05, 0.1) is 0 Å². The molecule has 1 aromatic carbocycles. The van der Waals surface area contributed by atoms with Crippen LogP contribution in [0.1, 0.15) is 19.4 Å². The van der Waals surface area contributed by atoms with Crippen molar-refractivity contribution in [3.63, 3.8) is 0 Å². The number of hydrogen-bond acceptors (Lipinski definition) is 4. The first-order chi connectivity index (χ1) is 7.36. The van der Waals surface area contributed by atoms with Crippen LogP contribution in [0.5, 0.6) is 5.75 Å². The van der Waals surface area contributed by atoms with Crippen molar-refractivity contribution in [1.82, 2.24) is 0 Å². The number of aliphatic hydroxyl groups is 1. The number of carbonyl (C=O) groups is 1. The molecule has 0 bridgehead atoms. The smallest absolute Gasteiger partial charge is 0.342 e. The largest absolute Gasteiger partial charge is 0.423 e. The van der Waals surface area contributed by atoms with Crippen molar-refractivity contribution >= 4 is 5.97 Å². The zero-order chi connectivity index (χ0) is 12.3. The van der Waals surface area contributed by atoms with Crippen LogP contribution < -0.4 is 4.74 Å². The molecule has 0 aromatic heterocycles. The van der Waals surface area contributed by atoms with E-state index in [9.17, 15) is 14.3 Å². The van der Waals surface area contributed by atoms with Crippen molar-refractivity contribution < 1.29 is 19.0 Å². The minimum atomic E-state index is -1.70. The Kier molecular flexibility index (Phi) is 3.25. The summed E-state index contributed by atoms with van der Waals surface area (Å²) in [6.45, 7) is 2.47. The maximum Gasteiger partial charge on any atom is 0.342 e. The molecule has 16 heavy (non-hydrogen) atoms. The second-order valence-electron chi connectivity index (χ2n) is 3.67. The highest BCUT2D eigenvalue weighted by molar-refractivity contribution is 5.81. The molecule has 0 saturated heterocycles. The van der Waals surface area contributed by atoms with Crippen LogP contribution >= 0.6 is 0 Å². The summed E-state index contributed by atoms with van der Waals surface area (Å²) in [6.07, 6.45) is 0. The Morgan fingerprint density at radius 1 is 1.56 bits per heavy atom. The third-order valence-corrected chi connectivity index (χ3v) is 1.79. The molecule has 84 valence electrons. The Balaban J connectivity index is 3.04. The number of ether oxygens (including phenoxy) is 1. The normalized spacial score (nSPS) is 10.7. The fourth-order valence-electron chi connectivity index (χ4n) is 0.923. The average Bonchev–Trinajstić information content (AvgIpc) is 2.16. The fraction of sp³-hybridized carbons (Fsp3) is 0.273. The van der Waals surface area contributed by atoms with Crippen LogP contribution in [0.4, 0.5) is 4.39 Å². The van der Waals surface area contributed by atoms with E-state index in [4.69, 9.17) is 10.00 Å². The van der Waals surface area contributed by atoms with E-state index in [0.29, 0.717) is 0 Å². The van der Waals surface area contributed by atoms with Gasteiger partial charge in [0.25, 0.3) is 0 Å². The van der Waals surface area contributed by atoms with E-state index in [2.05, 4.69) is 0 Å². The van der Waals surface area contributed by atoms with Crippen molar-refractivity contribution in [2.75, 3.05) is 0 Å². The van der Waals surface area contributed by atoms with Crippen LogP contribution in [0.2, 0.25) is 0 Å². The number of nitrogens with zero attached hydrogens (tertiary/aromatic N) is 1. The predicted molar refractivity (Wildman–Crippen MR) is 53.0 cm³/mol. The van der Waals surface area contributed by atoms with E-state index in [1.807, 2.05) is 0 Å². The van der Waals surface area contributed by atoms with Crippen molar-refractivity contribution in [3.05, 3.63) is 29.6 Å². The van der Waals surface area contributed by atoms with Gasteiger partial charge in [-0.15, -0.1) is 0 Å². The Labute approximate surface area is 91.9 Å². The summed E-state index contributed by atoms with van der Waals surface area (Å²) in [6, 6.07) is 5.26. The summed E-state index contributed by atoms with van der Waals surface area (Å²) >= 11 is 0. The lowest BCUT2D eigenvalue weighted by Gasteiger charge is -2.15. The molecular formula is C11H10FNO3. The summed E-state index contributed by atoms with van der Waals surface area (Å²) in [4.78, 5) is 11.3. The third-order valence-electron chi connectivity index (χ3n) is 1.79. The molecule has 0 amide bonds. The molecule has 0 radical (unpaired) electrons. The summed E-state index contributed by atoms with van der Waals surface area (Å²) in [5.41, 5.74) is -2.06. The predicted octanol–water partition coefficient (Wildman–Crippen LogP) is 1.37. The van der Waals surface area contributed by atoms with Gasteiger partial charge in [0, 0.05) is 0 Å². The first-order valence-corrected chi connectivity index (χ1v) is 4.49. The van der Waals surface area contributed by atoms with Gasteiger partial charge in [-0.2, -0.15) is 5.26 Å². The zero-order valence-electron chi connectivity index (χ0n) is 8.82. The first-order valence-electron chi connectivity index (χ1n) is 4.49. The van der Waals surface area contributed by atoms with Crippen LogP contribution in [0, 0.1) is 17.1 Å². The standard InChI is InChI=1S/C11H10FNO3/c1-11(2,15)10(14)16-9-5-3-4-8(12)7(9)6-13/h3-5,15H,1-2H3. The summed E-state index contributed by atoms with van der Waals surface area (Å²) in [5.74, 6) is -1.92. The maximum atomic E-state index is 13.1. The molecule has 4 nitrogen and oxygen atoms in total. The lowest BCUT2D eigenvalue weighted by molar-refractivity contribution is -0.151. The SMILES string of the molecule is CC(C)(O)C(=O)Oc1cccc(F)c1C#N. The molecule has 0 spiro atoms. The molecule has 0 fully saturated rings. The Morgan fingerprint density at radius 3 is 2.69 bits per heavy atom. The van der Waals surface area contributed by atoms with Crippen molar-refractivity contribution in [3.8, 4) is 11.8 Å². The highest BCUT2D eigenvalue weighted by Crippen LogP contribution is 2.21. The van der Waals surface area contributed by atoms with Gasteiger partial charge in [0.1, 0.15) is 17.4 Å². The van der Waals surface area contributed by atoms with Crippen molar-refractivity contribution in [1.29, 1.82) is 5.26 Å². The molecule has 0 unspecified atom stereocenters. The Hall–Kier alpha value is -1.93. The highest BCUT2D eigenvalue weighted by Gasteiger charge is 2.27. The van der Waals surface area contributed by atoms with E-state index in [1.165, 1.54) is 26.0 Å². The monoisotopic (exact) mass is 223 g/mol. The van der Waals surface area contributed by atoms with Crippen molar-refractivity contribution in [2.45, 2.75) is 19.4 Å². The topological polar surface area (TPSA) is 70.3 Å². The molecular weight excluding hydrogens is 213 g/mol. The molecule has 0 aliphatic rings. The maximum absolute atomic E-state index is 13.1. The molecule has 0 aliphatic heterocycles. The lowest BCUT2D eigenvalue weighted by atomic mass is 10.1. The van der Waals surface area contributed by atoms with Crippen LogP contribution in [0.25, 0.3) is 0 Å². The summed E-state index contributed by atoms with van der Waals surface area (Å²) in [5, 5.41) is 18.0. The fourth-order valence-corrected chi connectivity index (χ4v) is 0.923. The molecule has 0 atom stereocenters. The summed E-state index contributed by atoms with van der Waals surface area (Å²) < 4.78 is 17.9. The molecule has 1 N–H and O–H groups in total. The van der Waals surface area contributed by atoms with Crippen LogP contribution in [-0.4, -0.2) is 16.7 Å². The third kappa shape index (κ3) is 2.55. The van der Waals surface area contributed by atoms with Gasteiger partial charge < -0.3 is 9.84 Å². The van der Waals surface area contributed by atoms with Gasteiger partial charge in [0.2, 0.25) is 0 Å². The van der Waals surface area contributed by atoms with Gasteiger partial charge in [0.15, 0.2) is 11.4 Å². The quantitative estimate of drug-likeness (QED) is 0.607. The van der Waals surface area contributed by atoms with E-state index < -0.39 is 17.4 Å². The minimum Gasteiger partial charge on any atom is -0.423 e. The molecule has 0 saturated carbocycles. The van der Waals surface area contributed by atoms with Gasteiger partial charge in [-0.05, 0) is 26.0 Å². The number of benzene rings is 1. The Bertz CT molecular complexity index is 457.